The van der Waals surface area contributed by atoms with Crippen molar-refractivity contribution in [3.8, 4) is 0 Å². The summed E-state index contributed by atoms with van der Waals surface area (Å²) in [7, 11) is 0. The van der Waals surface area contributed by atoms with Crippen molar-refractivity contribution in [2.45, 2.75) is 31.7 Å². The maximum atomic E-state index is 4.39. The highest BCUT2D eigenvalue weighted by Crippen LogP contribution is 2.38. The summed E-state index contributed by atoms with van der Waals surface area (Å²) in [5.41, 5.74) is 3.70. The first-order chi connectivity index (χ1) is 9.90. The van der Waals surface area contributed by atoms with E-state index >= 15 is 0 Å². The van der Waals surface area contributed by atoms with Gasteiger partial charge < -0.3 is 20.9 Å². The summed E-state index contributed by atoms with van der Waals surface area (Å²) in [4.78, 5) is 6.91. The normalized spacial score (nSPS) is 21.4. The Morgan fingerprint density at radius 3 is 2.90 bits per heavy atom. The van der Waals surface area contributed by atoms with E-state index in [0.29, 0.717) is 6.04 Å². The number of rotatable bonds is 2. The smallest absolute Gasteiger partial charge is 0.195 e. The first-order valence-electron chi connectivity index (χ1n) is 7.60. The van der Waals surface area contributed by atoms with E-state index in [2.05, 4.69) is 44.0 Å². The molecule has 4 rings (SSSR count). The van der Waals surface area contributed by atoms with Gasteiger partial charge in [-0.1, -0.05) is 12.8 Å². The van der Waals surface area contributed by atoms with E-state index in [9.17, 15) is 0 Å². The summed E-state index contributed by atoms with van der Waals surface area (Å²) in [6, 6.07) is 7.24. The monoisotopic (exact) mass is 271 g/mol. The predicted molar refractivity (Wildman–Crippen MR) is 83.6 cm³/mol. The second-order valence-electron chi connectivity index (χ2n) is 5.76. The summed E-state index contributed by atoms with van der Waals surface area (Å²) >= 11 is 0. The van der Waals surface area contributed by atoms with E-state index in [1.165, 1.54) is 37.1 Å². The maximum absolute atomic E-state index is 4.39. The van der Waals surface area contributed by atoms with Gasteiger partial charge in [0.1, 0.15) is 0 Å². The van der Waals surface area contributed by atoms with E-state index < -0.39 is 0 Å². The zero-order chi connectivity index (χ0) is 13.4. The van der Waals surface area contributed by atoms with Gasteiger partial charge in [0.05, 0.1) is 24.6 Å². The van der Waals surface area contributed by atoms with Crippen molar-refractivity contribution in [1.82, 2.24) is 5.32 Å². The standard InChI is InChI=1S/C15H21N5/c1-2-4-12(3-1)20-10-18-13-6-5-11(9-14(13)20)19-15-16-7-8-17-15/h5-6,9,12,18H,1-4,7-8,10H2,(H2,16,17,19). The first kappa shape index (κ1) is 11.9. The van der Waals surface area contributed by atoms with Crippen LogP contribution in [-0.2, 0) is 0 Å². The molecule has 1 fully saturated rings. The van der Waals surface area contributed by atoms with Crippen LogP contribution in [0, 0.1) is 0 Å². The summed E-state index contributed by atoms with van der Waals surface area (Å²) in [6.45, 7) is 2.74. The largest absolute Gasteiger partial charge is 0.366 e. The Labute approximate surface area is 119 Å². The molecule has 2 aliphatic heterocycles. The molecule has 1 aliphatic carbocycles. The third-order valence-corrected chi connectivity index (χ3v) is 4.45. The molecule has 1 saturated carbocycles. The Kier molecular flexibility index (Phi) is 2.90. The Hall–Kier alpha value is -1.91. The van der Waals surface area contributed by atoms with Gasteiger partial charge in [0.25, 0.3) is 0 Å². The van der Waals surface area contributed by atoms with Crippen molar-refractivity contribution in [2.75, 3.05) is 35.3 Å². The molecule has 0 unspecified atom stereocenters. The zero-order valence-corrected chi connectivity index (χ0v) is 11.7. The van der Waals surface area contributed by atoms with Crippen LogP contribution < -0.4 is 20.9 Å². The summed E-state index contributed by atoms with van der Waals surface area (Å²) in [6.07, 6.45) is 5.39. The van der Waals surface area contributed by atoms with Crippen molar-refractivity contribution >= 4 is 23.0 Å². The molecular weight excluding hydrogens is 250 g/mol. The topological polar surface area (TPSA) is 51.7 Å². The van der Waals surface area contributed by atoms with Crippen molar-refractivity contribution in [2.24, 2.45) is 4.99 Å². The number of nitrogens with one attached hydrogen (secondary N) is 3. The van der Waals surface area contributed by atoms with Crippen LogP contribution in [-0.4, -0.2) is 31.8 Å². The third kappa shape index (κ3) is 2.07. The van der Waals surface area contributed by atoms with Crippen LogP contribution in [0.15, 0.2) is 23.2 Å². The van der Waals surface area contributed by atoms with Crippen LogP contribution >= 0.6 is 0 Å². The molecule has 5 nitrogen and oxygen atoms in total. The van der Waals surface area contributed by atoms with Gasteiger partial charge in [-0.25, -0.2) is 0 Å². The summed E-state index contributed by atoms with van der Waals surface area (Å²) < 4.78 is 0. The number of anilines is 3. The molecule has 106 valence electrons. The maximum Gasteiger partial charge on any atom is 0.195 e. The van der Waals surface area contributed by atoms with E-state index in [1.807, 2.05) is 0 Å². The molecule has 20 heavy (non-hydrogen) atoms. The lowest BCUT2D eigenvalue weighted by Crippen LogP contribution is -2.32. The average molecular weight is 271 g/mol. The number of nitrogens with zero attached hydrogens (tertiary/aromatic N) is 2. The van der Waals surface area contributed by atoms with Gasteiger partial charge in [0.15, 0.2) is 5.96 Å². The van der Waals surface area contributed by atoms with E-state index in [1.54, 1.807) is 0 Å². The van der Waals surface area contributed by atoms with Gasteiger partial charge in [0, 0.05) is 18.3 Å². The fourth-order valence-electron chi connectivity index (χ4n) is 3.41. The van der Waals surface area contributed by atoms with Gasteiger partial charge >= 0.3 is 0 Å². The number of fused-ring (bicyclic) bond motifs is 1. The zero-order valence-electron chi connectivity index (χ0n) is 11.7. The van der Waals surface area contributed by atoms with Gasteiger partial charge in [-0.15, -0.1) is 0 Å². The molecule has 0 spiro atoms. The van der Waals surface area contributed by atoms with Gasteiger partial charge in [-0.05, 0) is 31.0 Å². The number of aliphatic imine (C=N–C) groups is 1. The molecular formula is C15H21N5. The second kappa shape index (κ2) is 4.89. The minimum Gasteiger partial charge on any atom is -0.366 e. The highest BCUT2D eigenvalue weighted by atomic mass is 15.3. The van der Waals surface area contributed by atoms with Crippen LogP contribution in [0.4, 0.5) is 17.1 Å². The molecule has 3 N–H and O–H groups in total. The predicted octanol–water partition coefficient (Wildman–Crippen LogP) is 2.19. The number of hydrogen-bond acceptors (Lipinski definition) is 5. The molecule has 0 bridgehead atoms. The molecule has 0 aromatic heterocycles. The summed E-state index contributed by atoms with van der Waals surface area (Å²) in [5.74, 6) is 0.892. The lowest BCUT2D eigenvalue weighted by Gasteiger charge is -2.25. The van der Waals surface area contributed by atoms with Crippen LogP contribution in [0.25, 0.3) is 0 Å². The quantitative estimate of drug-likeness (QED) is 0.772. The first-order valence-corrected chi connectivity index (χ1v) is 7.60. The van der Waals surface area contributed by atoms with Gasteiger partial charge in [-0.3, -0.25) is 4.99 Å². The molecule has 3 aliphatic rings. The Morgan fingerprint density at radius 2 is 2.10 bits per heavy atom. The van der Waals surface area contributed by atoms with Crippen molar-refractivity contribution in [3.63, 3.8) is 0 Å². The average Bonchev–Trinajstić information content (AvgIpc) is 3.19. The minimum atomic E-state index is 0.709. The second-order valence-corrected chi connectivity index (χ2v) is 5.76. The van der Waals surface area contributed by atoms with Gasteiger partial charge in [-0.2, -0.15) is 0 Å². The molecule has 1 aromatic rings. The Morgan fingerprint density at radius 1 is 1.20 bits per heavy atom. The highest BCUT2D eigenvalue weighted by Gasteiger charge is 2.28. The van der Waals surface area contributed by atoms with Gasteiger partial charge in [0.2, 0.25) is 0 Å². The molecule has 2 heterocycles. The SMILES string of the molecule is c1cc2c(cc1NC1=NCCN1)N(C1CCCC1)CN2. The third-order valence-electron chi connectivity index (χ3n) is 4.45. The van der Waals surface area contributed by atoms with Crippen molar-refractivity contribution in [1.29, 1.82) is 0 Å². The Bertz CT molecular complexity index is 533. The fraction of sp³-hybridized carbons (Fsp3) is 0.533. The van der Waals surface area contributed by atoms with Crippen molar-refractivity contribution < 1.29 is 0 Å². The minimum absolute atomic E-state index is 0.709. The molecule has 0 amide bonds. The van der Waals surface area contributed by atoms with Crippen LogP contribution in [0.3, 0.4) is 0 Å². The van der Waals surface area contributed by atoms with E-state index in [-0.39, 0.29) is 0 Å². The molecule has 0 radical (unpaired) electrons. The summed E-state index contributed by atoms with van der Waals surface area (Å²) in [5, 5.41) is 10.1. The lowest BCUT2D eigenvalue weighted by atomic mass is 10.2. The van der Waals surface area contributed by atoms with E-state index in [0.717, 1.165) is 31.4 Å². The fourth-order valence-corrected chi connectivity index (χ4v) is 3.41. The lowest BCUT2D eigenvalue weighted by molar-refractivity contribution is 0.635. The van der Waals surface area contributed by atoms with Crippen LogP contribution in [0.1, 0.15) is 25.7 Å². The molecule has 5 heteroatoms. The van der Waals surface area contributed by atoms with Crippen LogP contribution in [0.2, 0.25) is 0 Å². The Balaban J connectivity index is 1.57. The van der Waals surface area contributed by atoms with Crippen molar-refractivity contribution in [3.05, 3.63) is 18.2 Å². The molecule has 0 saturated heterocycles. The number of guanidine groups is 1. The highest BCUT2D eigenvalue weighted by molar-refractivity contribution is 5.96. The number of hydrogen-bond donors (Lipinski definition) is 3. The molecule has 0 atom stereocenters. The number of benzene rings is 1. The molecule has 1 aromatic carbocycles. The van der Waals surface area contributed by atoms with Crippen LogP contribution in [0.5, 0.6) is 0 Å². The van der Waals surface area contributed by atoms with E-state index in [4.69, 9.17) is 0 Å².